The maximum Gasteiger partial charge on any atom is 0.234 e. The largest absolute Gasteiger partial charge is 0.497 e. The minimum absolute atomic E-state index is 0.0511. The molecule has 0 bridgehead atoms. The zero-order valence-corrected chi connectivity index (χ0v) is 17.0. The Bertz CT molecular complexity index is 851. The Hall–Kier alpha value is -1.89. The van der Waals surface area contributed by atoms with Crippen molar-refractivity contribution in [1.82, 2.24) is 0 Å². The van der Waals surface area contributed by atoms with Gasteiger partial charge in [-0.1, -0.05) is 23.7 Å². The first-order valence-electron chi connectivity index (χ1n) is 8.27. The van der Waals surface area contributed by atoms with Crippen molar-refractivity contribution < 1.29 is 14.3 Å². The molecule has 4 nitrogen and oxygen atoms in total. The summed E-state index contributed by atoms with van der Waals surface area (Å²) < 4.78 is 6.04. The van der Waals surface area contributed by atoms with Gasteiger partial charge in [0.2, 0.25) is 5.91 Å². The number of allylic oxidation sites excluding steroid dienone is 1. The minimum Gasteiger partial charge on any atom is -0.497 e. The molecule has 0 aliphatic carbocycles. The summed E-state index contributed by atoms with van der Waals surface area (Å²) in [4.78, 5) is 24.3. The number of halogens is 1. The highest BCUT2D eigenvalue weighted by atomic mass is 35.5. The Morgan fingerprint density at radius 3 is 2.59 bits per heavy atom. The van der Waals surface area contributed by atoms with Crippen molar-refractivity contribution in [2.45, 2.75) is 11.7 Å². The zero-order valence-electron chi connectivity index (χ0n) is 14.6. The van der Waals surface area contributed by atoms with E-state index in [1.54, 1.807) is 49.2 Å². The number of ether oxygens (including phenoxy) is 1. The molecule has 0 saturated carbocycles. The van der Waals surface area contributed by atoms with Crippen LogP contribution in [0.3, 0.4) is 0 Å². The van der Waals surface area contributed by atoms with E-state index in [1.165, 1.54) is 11.8 Å². The summed E-state index contributed by atoms with van der Waals surface area (Å²) in [6.07, 6.45) is 2.09. The fourth-order valence-electron chi connectivity index (χ4n) is 2.54. The number of amides is 1. The summed E-state index contributed by atoms with van der Waals surface area (Å²) in [6.45, 7) is 0. The van der Waals surface area contributed by atoms with Crippen LogP contribution in [0.4, 0.5) is 5.69 Å². The second kappa shape index (κ2) is 9.35. The lowest BCUT2D eigenvalue weighted by Gasteiger charge is -2.21. The normalized spacial score (nSPS) is 16.6. The quantitative estimate of drug-likeness (QED) is 0.687. The van der Waals surface area contributed by atoms with Crippen LogP contribution in [0.5, 0.6) is 5.75 Å². The number of thioether (sulfide) groups is 2. The van der Waals surface area contributed by atoms with Crippen LogP contribution in [-0.2, 0) is 9.59 Å². The second-order valence-electron chi connectivity index (χ2n) is 5.86. The van der Waals surface area contributed by atoms with Gasteiger partial charge in [-0.15, -0.1) is 23.5 Å². The van der Waals surface area contributed by atoms with Gasteiger partial charge in [0.05, 0.1) is 12.9 Å². The van der Waals surface area contributed by atoms with Gasteiger partial charge in [-0.2, -0.15) is 0 Å². The monoisotopic (exact) mass is 419 g/mol. The van der Waals surface area contributed by atoms with Crippen LogP contribution < -0.4 is 10.1 Å². The lowest BCUT2D eigenvalue weighted by Crippen LogP contribution is -2.14. The number of nitrogens with one attached hydrogen (secondary N) is 1. The molecular formula is C20H18ClNO3S2. The molecule has 1 N–H and O–H groups in total. The topological polar surface area (TPSA) is 55.4 Å². The van der Waals surface area contributed by atoms with Gasteiger partial charge >= 0.3 is 0 Å². The van der Waals surface area contributed by atoms with Crippen molar-refractivity contribution in [2.75, 3.05) is 18.2 Å². The molecule has 0 aromatic heterocycles. The van der Waals surface area contributed by atoms with Crippen LogP contribution in [0, 0.1) is 0 Å². The van der Waals surface area contributed by atoms with E-state index < -0.39 is 0 Å². The average Bonchev–Trinajstić information content (AvgIpc) is 2.68. The molecule has 3 rings (SSSR count). The lowest BCUT2D eigenvalue weighted by molar-refractivity contribution is -0.115. The Balaban J connectivity index is 1.56. The van der Waals surface area contributed by atoms with Crippen LogP contribution in [0.2, 0.25) is 5.02 Å². The average molecular weight is 420 g/mol. The molecular weight excluding hydrogens is 402 g/mol. The summed E-state index contributed by atoms with van der Waals surface area (Å²) in [5.74, 6) is 0.984. The molecule has 0 fully saturated rings. The van der Waals surface area contributed by atoms with Crippen molar-refractivity contribution >= 4 is 52.5 Å². The van der Waals surface area contributed by atoms with Gasteiger partial charge in [-0.25, -0.2) is 0 Å². The van der Waals surface area contributed by atoms with E-state index in [0.717, 1.165) is 15.6 Å². The first-order chi connectivity index (χ1) is 13.0. The van der Waals surface area contributed by atoms with Gasteiger partial charge in [0.15, 0.2) is 5.78 Å². The number of anilines is 1. The van der Waals surface area contributed by atoms with Gasteiger partial charge < -0.3 is 10.1 Å². The second-order valence-corrected chi connectivity index (χ2v) is 8.81. The maximum absolute atomic E-state index is 12.1. The van der Waals surface area contributed by atoms with E-state index in [1.807, 2.05) is 24.3 Å². The molecule has 1 amide bonds. The van der Waals surface area contributed by atoms with Gasteiger partial charge in [-0.3, -0.25) is 9.59 Å². The molecule has 7 heteroatoms. The summed E-state index contributed by atoms with van der Waals surface area (Å²) >= 11 is 8.83. The molecule has 1 aliphatic heterocycles. The Labute approximate surface area is 171 Å². The highest BCUT2D eigenvalue weighted by molar-refractivity contribution is 8.22. The van der Waals surface area contributed by atoms with Crippen LogP contribution in [0.1, 0.15) is 17.2 Å². The van der Waals surface area contributed by atoms with Crippen molar-refractivity contribution in [3.05, 3.63) is 69.4 Å². The van der Waals surface area contributed by atoms with Crippen molar-refractivity contribution in [3.63, 3.8) is 0 Å². The van der Waals surface area contributed by atoms with E-state index in [9.17, 15) is 9.59 Å². The summed E-state index contributed by atoms with van der Waals surface area (Å²) in [6, 6.07) is 14.7. The van der Waals surface area contributed by atoms with Gasteiger partial charge in [0.25, 0.3) is 0 Å². The Morgan fingerprint density at radius 2 is 1.93 bits per heavy atom. The molecule has 0 spiro atoms. The molecule has 1 heterocycles. The van der Waals surface area contributed by atoms with E-state index in [4.69, 9.17) is 16.3 Å². The molecule has 1 aliphatic rings. The number of carbonyl (C=O) groups is 2. The molecule has 140 valence electrons. The SMILES string of the molecule is COc1ccc(C2CC(=O)C=C(SCC(=O)Nc3ccc(Cl)cc3)S2)cc1. The number of hydrogen-bond acceptors (Lipinski definition) is 5. The predicted octanol–water partition coefficient (Wildman–Crippen LogP) is 5.31. The third-order valence-corrected chi connectivity index (χ3v) is 6.66. The summed E-state index contributed by atoms with van der Waals surface area (Å²) in [7, 11) is 1.63. The minimum atomic E-state index is -0.122. The van der Waals surface area contributed by atoms with Crippen molar-refractivity contribution in [1.29, 1.82) is 0 Å². The number of carbonyl (C=O) groups excluding carboxylic acids is 2. The van der Waals surface area contributed by atoms with Crippen LogP contribution in [-0.4, -0.2) is 24.6 Å². The van der Waals surface area contributed by atoms with E-state index in [0.29, 0.717) is 17.1 Å². The highest BCUT2D eigenvalue weighted by Crippen LogP contribution is 2.45. The fourth-order valence-corrected chi connectivity index (χ4v) is 5.04. The molecule has 2 aromatic carbocycles. The van der Waals surface area contributed by atoms with E-state index in [-0.39, 0.29) is 22.7 Å². The van der Waals surface area contributed by atoms with Gasteiger partial charge in [0, 0.05) is 32.7 Å². The Kier molecular flexibility index (Phi) is 6.88. The third-order valence-electron chi connectivity index (χ3n) is 3.88. The zero-order chi connectivity index (χ0) is 19.2. The molecule has 0 saturated heterocycles. The number of methoxy groups -OCH3 is 1. The molecule has 1 unspecified atom stereocenters. The molecule has 27 heavy (non-hydrogen) atoms. The fraction of sp³-hybridized carbons (Fsp3) is 0.200. The smallest absolute Gasteiger partial charge is 0.234 e. The first kappa shape index (κ1) is 19.9. The third kappa shape index (κ3) is 5.79. The summed E-state index contributed by atoms with van der Waals surface area (Å²) in [5.41, 5.74) is 1.77. The lowest BCUT2D eigenvalue weighted by atomic mass is 10.1. The molecule has 0 radical (unpaired) electrons. The molecule has 2 aromatic rings. The predicted molar refractivity (Wildman–Crippen MR) is 114 cm³/mol. The highest BCUT2D eigenvalue weighted by Gasteiger charge is 2.23. The molecule has 1 atom stereocenters. The Morgan fingerprint density at radius 1 is 1.22 bits per heavy atom. The van der Waals surface area contributed by atoms with Crippen LogP contribution in [0.25, 0.3) is 0 Å². The summed E-state index contributed by atoms with van der Waals surface area (Å²) in [5, 5.41) is 3.49. The number of hydrogen-bond donors (Lipinski definition) is 1. The number of ketones is 1. The number of benzene rings is 2. The van der Waals surface area contributed by atoms with Gasteiger partial charge in [-0.05, 0) is 42.0 Å². The van der Waals surface area contributed by atoms with Crippen LogP contribution in [0.15, 0.2) is 58.8 Å². The van der Waals surface area contributed by atoms with Crippen molar-refractivity contribution in [3.8, 4) is 5.75 Å². The first-order valence-corrected chi connectivity index (χ1v) is 10.5. The standard InChI is InChI=1S/C20H18ClNO3S2/c1-25-17-8-2-13(3-9-17)18-10-16(23)11-20(27-18)26-12-19(24)22-15-6-4-14(21)5-7-15/h2-9,11,18H,10,12H2,1H3,(H,22,24). The number of rotatable bonds is 6. The maximum atomic E-state index is 12.1. The van der Waals surface area contributed by atoms with E-state index in [2.05, 4.69) is 5.32 Å². The van der Waals surface area contributed by atoms with Crippen molar-refractivity contribution in [2.24, 2.45) is 0 Å². The van der Waals surface area contributed by atoms with Crippen LogP contribution >= 0.6 is 35.1 Å². The van der Waals surface area contributed by atoms with Gasteiger partial charge in [0.1, 0.15) is 5.75 Å². The van der Waals surface area contributed by atoms with E-state index >= 15 is 0 Å².